The van der Waals surface area contributed by atoms with Crippen LogP contribution in [-0.4, -0.2) is 24.8 Å². The summed E-state index contributed by atoms with van der Waals surface area (Å²) in [6, 6.07) is 10.1. The summed E-state index contributed by atoms with van der Waals surface area (Å²) < 4.78 is 0. The number of hydrogen-bond donors (Lipinski definition) is 2. The number of urea groups is 1. The Hall–Kier alpha value is -1.55. The molecule has 0 aliphatic carbocycles. The third kappa shape index (κ3) is 1.46. The van der Waals surface area contributed by atoms with E-state index >= 15 is 0 Å². The molecule has 0 aromatic heterocycles. The van der Waals surface area contributed by atoms with E-state index in [4.69, 9.17) is 0 Å². The quantitative estimate of drug-likeness (QED) is 0.744. The molecule has 16 heavy (non-hydrogen) atoms. The number of carbonyl (C=O) groups excluding carboxylic acids is 1. The van der Waals surface area contributed by atoms with Gasteiger partial charge >= 0.3 is 6.03 Å². The van der Waals surface area contributed by atoms with Crippen LogP contribution in [0.25, 0.3) is 0 Å². The Balaban J connectivity index is 1.91. The molecule has 0 bridgehead atoms. The number of nitrogens with one attached hydrogen (secondary N) is 2. The average molecular weight is 217 g/mol. The van der Waals surface area contributed by atoms with E-state index in [0.717, 1.165) is 25.1 Å². The summed E-state index contributed by atoms with van der Waals surface area (Å²) in [5.74, 6) is 0. The lowest BCUT2D eigenvalue weighted by atomic mass is 10.1. The van der Waals surface area contributed by atoms with Gasteiger partial charge in [0, 0.05) is 5.69 Å². The first kappa shape index (κ1) is 9.66. The van der Waals surface area contributed by atoms with Gasteiger partial charge in [-0.2, -0.15) is 0 Å². The van der Waals surface area contributed by atoms with Gasteiger partial charge in [-0.15, -0.1) is 0 Å². The summed E-state index contributed by atoms with van der Waals surface area (Å²) in [5, 5.41) is 6.43. The minimum atomic E-state index is 0.00981. The van der Waals surface area contributed by atoms with Crippen LogP contribution in [0.2, 0.25) is 0 Å². The number of nitrogens with zero attached hydrogens (tertiary/aromatic N) is 1. The van der Waals surface area contributed by atoms with Crippen molar-refractivity contribution in [3.05, 3.63) is 30.3 Å². The highest BCUT2D eigenvalue weighted by Gasteiger charge is 2.41. The Bertz CT molecular complexity index is 393. The van der Waals surface area contributed by atoms with E-state index in [1.165, 1.54) is 0 Å². The van der Waals surface area contributed by atoms with Crippen molar-refractivity contribution in [2.45, 2.75) is 25.0 Å². The Morgan fingerprint density at radius 3 is 2.88 bits per heavy atom. The summed E-state index contributed by atoms with van der Waals surface area (Å²) in [7, 11) is 0. The lowest BCUT2D eigenvalue weighted by molar-refractivity contribution is 0.250. The van der Waals surface area contributed by atoms with Crippen molar-refractivity contribution in [2.24, 2.45) is 0 Å². The van der Waals surface area contributed by atoms with E-state index < -0.39 is 0 Å². The lowest BCUT2D eigenvalue weighted by Crippen LogP contribution is -2.51. The molecule has 2 heterocycles. The van der Waals surface area contributed by atoms with Crippen molar-refractivity contribution in [2.75, 3.05) is 11.4 Å². The highest BCUT2D eigenvalue weighted by molar-refractivity contribution is 5.95. The zero-order valence-electron chi connectivity index (χ0n) is 9.02. The highest BCUT2D eigenvalue weighted by atomic mass is 16.2. The van der Waals surface area contributed by atoms with Crippen LogP contribution in [0.3, 0.4) is 0 Å². The zero-order chi connectivity index (χ0) is 11.0. The minimum absolute atomic E-state index is 0.00981. The van der Waals surface area contributed by atoms with Gasteiger partial charge in [0.15, 0.2) is 0 Å². The number of hydrogen-bond acceptors (Lipinski definition) is 2. The Labute approximate surface area is 94.6 Å². The molecule has 4 heteroatoms. The first-order valence-corrected chi connectivity index (χ1v) is 5.74. The van der Waals surface area contributed by atoms with Gasteiger partial charge in [-0.1, -0.05) is 18.2 Å². The van der Waals surface area contributed by atoms with Gasteiger partial charge in [0.1, 0.15) is 6.17 Å². The fraction of sp³-hybridized carbons (Fsp3) is 0.417. The first-order valence-electron chi connectivity index (χ1n) is 5.74. The number of piperidine rings is 1. The lowest BCUT2D eigenvalue weighted by Gasteiger charge is -2.30. The predicted molar refractivity (Wildman–Crippen MR) is 62.3 cm³/mol. The minimum Gasteiger partial charge on any atom is -0.331 e. The fourth-order valence-electron chi connectivity index (χ4n) is 2.52. The molecule has 0 saturated carbocycles. The smallest absolute Gasteiger partial charge is 0.323 e. The summed E-state index contributed by atoms with van der Waals surface area (Å²) in [4.78, 5) is 13.7. The van der Waals surface area contributed by atoms with Gasteiger partial charge < -0.3 is 5.32 Å². The number of amides is 2. The maximum Gasteiger partial charge on any atom is 0.323 e. The fourth-order valence-corrected chi connectivity index (χ4v) is 2.52. The SMILES string of the molecule is O=C1NC2CCCNC2N1c1ccccc1. The second kappa shape index (κ2) is 3.79. The largest absolute Gasteiger partial charge is 0.331 e. The van der Waals surface area contributed by atoms with Crippen LogP contribution in [0.1, 0.15) is 12.8 Å². The van der Waals surface area contributed by atoms with Crippen molar-refractivity contribution < 1.29 is 4.79 Å². The van der Waals surface area contributed by atoms with Crippen molar-refractivity contribution in [1.82, 2.24) is 10.6 Å². The van der Waals surface area contributed by atoms with Crippen LogP contribution in [-0.2, 0) is 0 Å². The molecular formula is C12H15N3O. The van der Waals surface area contributed by atoms with Crippen LogP contribution in [0.15, 0.2) is 30.3 Å². The van der Waals surface area contributed by atoms with Gasteiger partial charge in [0.05, 0.1) is 6.04 Å². The molecule has 2 atom stereocenters. The molecule has 2 aliphatic rings. The van der Waals surface area contributed by atoms with E-state index in [1.54, 1.807) is 0 Å². The van der Waals surface area contributed by atoms with Crippen LogP contribution in [0, 0.1) is 0 Å². The number of benzene rings is 1. The van der Waals surface area contributed by atoms with Gasteiger partial charge in [-0.05, 0) is 31.5 Å². The van der Waals surface area contributed by atoms with E-state index in [1.807, 2.05) is 35.2 Å². The van der Waals surface area contributed by atoms with Gasteiger partial charge in [0.2, 0.25) is 0 Å². The van der Waals surface area contributed by atoms with E-state index in [0.29, 0.717) is 0 Å². The normalized spacial score (nSPS) is 28.8. The van der Waals surface area contributed by atoms with Crippen molar-refractivity contribution in [1.29, 1.82) is 0 Å². The Morgan fingerprint density at radius 1 is 1.25 bits per heavy atom. The van der Waals surface area contributed by atoms with E-state index in [2.05, 4.69) is 10.6 Å². The van der Waals surface area contributed by atoms with Gasteiger partial charge in [0.25, 0.3) is 0 Å². The molecule has 3 rings (SSSR count). The number of para-hydroxylation sites is 1. The van der Waals surface area contributed by atoms with Crippen LogP contribution >= 0.6 is 0 Å². The molecule has 1 aromatic rings. The van der Waals surface area contributed by atoms with E-state index in [-0.39, 0.29) is 18.2 Å². The monoisotopic (exact) mass is 217 g/mol. The third-order valence-corrected chi connectivity index (χ3v) is 3.27. The molecule has 2 fully saturated rings. The molecule has 1 aromatic carbocycles. The molecule has 2 N–H and O–H groups in total. The standard InChI is InChI=1S/C12H15N3O/c16-12-14-10-7-4-8-13-11(10)15(12)9-5-2-1-3-6-9/h1-3,5-6,10-11,13H,4,7-8H2,(H,14,16). The Kier molecular flexibility index (Phi) is 2.29. The average Bonchev–Trinajstić information content (AvgIpc) is 2.66. The van der Waals surface area contributed by atoms with Gasteiger partial charge in [-0.25, -0.2) is 4.79 Å². The van der Waals surface area contributed by atoms with Crippen molar-refractivity contribution in [3.63, 3.8) is 0 Å². The summed E-state index contributed by atoms with van der Waals surface area (Å²) in [6.45, 7) is 0.986. The molecule has 2 aliphatic heterocycles. The molecule has 2 unspecified atom stereocenters. The maximum absolute atomic E-state index is 11.9. The predicted octanol–water partition coefficient (Wildman–Crippen LogP) is 1.29. The number of carbonyl (C=O) groups is 1. The maximum atomic E-state index is 11.9. The summed E-state index contributed by atoms with van der Waals surface area (Å²) in [6.07, 6.45) is 2.31. The van der Waals surface area contributed by atoms with Crippen LogP contribution in [0.4, 0.5) is 10.5 Å². The molecule has 2 amide bonds. The van der Waals surface area contributed by atoms with Gasteiger partial charge in [-0.3, -0.25) is 10.2 Å². The number of fused-ring (bicyclic) bond motifs is 1. The number of rotatable bonds is 1. The van der Waals surface area contributed by atoms with Crippen LogP contribution < -0.4 is 15.5 Å². The third-order valence-electron chi connectivity index (χ3n) is 3.27. The topological polar surface area (TPSA) is 44.4 Å². The zero-order valence-corrected chi connectivity index (χ0v) is 9.02. The molecule has 84 valence electrons. The molecule has 4 nitrogen and oxygen atoms in total. The van der Waals surface area contributed by atoms with Crippen LogP contribution in [0.5, 0.6) is 0 Å². The first-order chi connectivity index (χ1) is 7.86. The molecular weight excluding hydrogens is 202 g/mol. The summed E-state index contributed by atoms with van der Waals surface area (Å²) >= 11 is 0. The number of anilines is 1. The van der Waals surface area contributed by atoms with E-state index in [9.17, 15) is 4.79 Å². The van der Waals surface area contributed by atoms with Crippen molar-refractivity contribution >= 4 is 11.7 Å². The van der Waals surface area contributed by atoms with Crippen molar-refractivity contribution in [3.8, 4) is 0 Å². The molecule has 0 spiro atoms. The second-order valence-corrected chi connectivity index (χ2v) is 4.30. The molecule has 0 radical (unpaired) electrons. The Morgan fingerprint density at radius 2 is 2.06 bits per heavy atom. The molecule has 2 saturated heterocycles. The summed E-state index contributed by atoms with van der Waals surface area (Å²) in [5.41, 5.74) is 0.960. The second-order valence-electron chi connectivity index (χ2n) is 4.30. The highest BCUT2D eigenvalue weighted by Crippen LogP contribution is 2.25.